The Morgan fingerprint density at radius 2 is 1.77 bits per heavy atom. The molecule has 0 aromatic carbocycles. The van der Waals surface area contributed by atoms with E-state index in [4.69, 9.17) is 0 Å². The summed E-state index contributed by atoms with van der Waals surface area (Å²) in [4.78, 5) is 33.6. The summed E-state index contributed by atoms with van der Waals surface area (Å²) in [6.45, 7) is 0.597. The van der Waals surface area contributed by atoms with Gasteiger partial charge < -0.3 is 14.9 Å². The standard InChI is InChI=1S/C28H27F7N4O3S/c29-20-15-3-4-19(16(20)5-13-1-2-13)39(25(41)42)22(15)24(40)38-11-26(12-38)9-37(10-26)21-17-6-14(7-27(30,31)32)43-23(17)36-8-18(21)28(33,34)35/h5-6,8,13,15,19-20,22H,1-4,7,9-12H2,(H,41,42)/b16-5+/t15-,19+,20-,22+/m1/s1. The van der Waals surface area contributed by atoms with E-state index >= 15 is 4.39 Å². The monoisotopic (exact) mass is 632 g/mol. The number of likely N-dealkylation sites (tertiary alicyclic amines) is 1. The average molecular weight is 633 g/mol. The molecule has 4 aliphatic heterocycles. The molecule has 2 aliphatic carbocycles. The van der Waals surface area contributed by atoms with E-state index in [0.717, 1.165) is 23.8 Å². The molecule has 2 aromatic heterocycles. The van der Waals surface area contributed by atoms with Crippen molar-refractivity contribution in [3.8, 4) is 0 Å². The van der Waals surface area contributed by atoms with Gasteiger partial charge in [0.25, 0.3) is 0 Å². The van der Waals surface area contributed by atoms with E-state index in [2.05, 4.69) is 4.98 Å². The number of rotatable bonds is 4. The van der Waals surface area contributed by atoms with Crippen molar-refractivity contribution in [2.24, 2.45) is 17.3 Å². The fourth-order valence-electron chi connectivity index (χ4n) is 7.49. The van der Waals surface area contributed by atoms with Crippen molar-refractivity contribution in [2.45, 2.75) is 62.7 Å². The fourth-order valence-corrected chi connectivity index (χ4v) is 8.52. The van der Waals surface area contributed by atoms with Gasteiger partial charge in [-0.25, -0.2) is 14.2 Å². The van der Waals surface area contributed by atoms with Gasteiger partial charge in [-0.15, -0.1) is 11.3 Å². The number of hydrogen-bond donors (Lipinski definition) is 1. The Balaban J connectivity index is 1.09. The third-order valence-corrected chi connectivity index (χ3v) is 10.5. The number of pyridine rings is 1. The summed E-state index contributed by atoms with van der Waals surface area (Å²) in [5.74, 6) is -1.04. The molecule has 6 aliphatic rings. The van der Waals surface area contributed by atoms with Gasteiger partial charge in [0.2, 0.25) is 5.91 Å². The first-order valence-corrected chi connectivity index (χ1v) is 14.9. The smallest absolute Gasteiger partial charge is 0.419 e. The van der Waals surface area contributed by atoms with E-state index in [1.54, 1.807) is 0 Å². The number of carbonyl (C=O) groups excluding carboxylic acids is 1. The zero-order chi connectivity index (χ0) is 30.6. The molecule has 2 aromatic rings. The zero-order valence-electron chi connectivity index (χ0n) is 22.6. The molecule has 0 unspecified atom stereocenters. The molecule has 0 radical (unpaired) electrons. The average Bonchev–Trinajstić information content (AvgIpc) is 3.58. The van der Waals surface area contributed by atoms with Crippen LogP contribution in [-0.2, 0) is 17.4 Å². The first-order valence-electron chi connectivity index (χ1n) is 14.1. The number of halogens is 7. The Labute approximate surface area is 244 Å². The van der Waals surface area contributed by atoms with Crippen molar-refractivity contribution in [3.63, 3.8) is 0 Å². The van der Waals surface area contributed by atoms with E-state index in [-0.39, 0.29) is 52.9 Å². The second kappa shape index (κ2) is 9.45. The molecule has 232 valence electrons. The number of piperidine rings is 2. The van der Waals surface area contributed by atoms with Gasteiger partial charge >= 0.3 is 18.4 Å². The van der Waals surface area contributed by atoms with Crippen LogP contribution in [0.4, 0.5) is 41.2 Å². The molecule has 43 heavy (non-hydrogen) atoms. The second-order valence-electron chi connectivity index (χ2n) is 12.6. The first kappa shape index (κ1) is 28.7. The van der Waals surface area contributed by atoms with Crippen LogP contribution in [0.1, 0.15) is 36.1 Å². The van der Waals surface area contributed by atoms with Crippen LogP contribution in [0.25, 0.3) is 10.2 Å². The molecule has 6 heterocycles. The van der Waals surface area contributed by atoms with E-state index < -0.39 is 65.9 Å². The lowest BCUT2D eigenvalue weighted by atomic mass is 9.68. The summed E-state index contributed by atoms with van der Waals surface area (Å²) in [6.07, 6.45) is -8.08. The number of allylic oxidation sites excluding steroid dienone is 1. The van der Waals surface area contributed by atoms with Crippen LogP contribution in [-0.4, -0.2) is 82.5 Å². The van der Waals surface area contributed by atoms with Crippen LogP contribution in [0, 0.1) is 17.3 Å². The molecule has 8 rings (SSSR count). The minimum absolute atomic E-state index is 0.000515. The van der Waals surface area contributed by atoms with Gasteiger partial charge in [0.05, 0.1) is 23.7 Å². The van der Waals surface area contributed by atoms with Crippen molar-refractivity contribution >= 4 is 39.2 Å². The predicted octanol–water partition coefficient (Wildman–Crippen LogP) is 5.88. The summed E-state index contributed by atoms with van der Waals surface area (Å²) in [5.41, 5.74) is -1.37. The fraction of sp³-hybridized carbons (Fsp3) is 0.607. The van der Waals surface area contributed by atoms with Gasteiger partial charge in [0.15, 0.2) is 0 Å². The molecule has 15 heteroatoms. The van der Waals surface area contributed by atoms with Crippen molar-refractivity contribution in [1.29, 1.82) is 0 Å². The minimum Gasteiger partial charge on any atom is -0.465 e. The van der Waals surface area contributed by atoms with E-state index in [1.807, 2.05) is 6.08 Å². The zero-order valence-corrected chi connectivity index (χ0v) is 23.4. The predicted molar refractivity (Wildman–Crippen MR) is 141 cm³/mol. The maximum atomic E-state index is 15.6. The number of aromatic nitrogens is 1. The number of carbonyl (C=O) groups is 2. The molecule has 2 bridgehead atoms. The molecule has 7 nitrogen and oxygen atoms in total. The van der Waals surface area contributed by atoms with Crippen LogP contribution in [0.2, 0.25) is 0 Å². The number of fused-ring (bicyclic) bond motifs is 4. The SMILES string of the molecule is O=C([C@@H]1[C@@H]2CC[C@@H](/C(=C\C3CC3)[C@@H]2F)N1C(=O)O)N1CC2(C1)CN(c1c(C(F)(F)F)cnc3sc(CC(F)(F)F)cc13)C2. The number of amides is 2. The Bertz CT molecular complexity index is 1520. The molecule has 6 fully saturated rings. The van der Waals surface area contributed by atoms with E-state index in [9.17, 15) is 41.0 Å². The highest BCUT2D eigenvalue weighted by Gasteiger charge is 2.60. The maximum Gasteiger partial charge on any atom is 0.419 e. The van der Waals surface area contributed by atoms with Crippen molar-refractivity contribution < 1.29 is 45.4 Å². The Kier molecular flexibility index (Phi) is 6.30. The van der Waals surface area contributed by atoms with Crippen molar-refractivity contribution in [2.75, 3.05) is 31.1 Å². The van der Waals surface area contributed by atoms with Crippen LogP contribution in [0.5, 0.6) is 0 Å². The second-order valence-corrected chi connectivity index (χ2v) is 13.7. The number of anilines is 1. The normalized spacial score (nSPS) is 29.4. The van der Waals surface area contributed by atoms with Gasteiger partial charge in [0.1, 0.15) is 17.0 Å². The molecule has 2 amide bonds. The Morgan fingerprint density at radius 1 is 1.07 bits per heavy atom. The molecule has 4 atom stereocenters. The Morgan fingerprint density at radius 3 is 2.37 bits per heavy atom. The van der Waals surface area contributed by atoms with Crippen molar-refractivity contribution in [1.82, 2.24) is 14.8 Å². The number of thiophene rings is 1. The van der Waals surface area contributed by atoms with Gasteiger partial charge in [-0.2, -0.15) is 26.3 Å². The van der Waals surface area contributed by atoms with Crippen LogP contribution in [0.3, 0.4) is 0 Å². The molecular formula is C28H27F7N4O3S. The number of alkyl halides is 7. The largest absolute Gasteiger partial charge is 0.465 e. The van der Waals surface area contributed by atoms with Gasteiger partial charge in [-0.3, -0.25) is 9.69 Å². The van der Waals surface area contributed by atoms with Crippen LogP contribution in [0.15, 0.2) is 23.9 Å². The third kappa shape index (κ3) is 4.81. The number of carboxylic acid groups (broad SMARTS) is 1. The quantitative estimate of drug-likeness (QED) is 0.337. The third-order valence-electron chi connectivity index (χ3n) is 9.42. The van der Waals surface area contributed by atoms with Crippen LogP contribution < -0.4 is 4.90 Å². The number of hydrogen-bond acceptors (Lipinski definition) is 5. The number of nitrogens with zero attached hydrogens (tertiary/aromatic N) is 4. The van der Waals surface area contributed by atoms with Crippen LogP contribution >= 0.6 is 11.3 Å². The molecule has 4 saturated heterocycles. The molecule has 1 N–H and O–H groups in total. The lowest BCUT2D eigenvalue weighted by molar-refractivity contribution is -0.158. The maximum absolute atomic E-state index is 15.6. The highest BCUT2D eigenvalue weighted by Crippen LogP contribution is 2.51. The molecule has 2 saturated carbocycles. The molecular weight excluding hydrogens is 605 g/mol. The van der Waals surface area contributed by atoms with Gasteiger partial charge in [-0.05, 0) is 43.2 Å². The topological polar surface area (TPSA) is 77.0 Å². The van der Waals surface area contributed by atoms with Gasteiger partial charge in [-0.1, -0.05) is 6.08 Å². The summed E-state index contributed by atoms with van der Waals surface area (Å²) >= 11 is 0.699. The Hall–Kier alpha value is -3.10. The van der Waals surface area contributed by atoms with E-state index in [1.165, 1.54) is 9.80 Å². The van der Waals surface area contributed by atoms with E-state index in [0.29, 0.717) is 35.9 Å². The molecule has 1 spiro atoms. The summed E-state index contributed by atoms with van der Waals surface area (Å²) < 4.78 is 96.4. The summed E-state index contributed by atoms with van der Waals surface area (Å²) in [5, 5.41) is 10.0. The minimum atomic E-state index is -4.79. The van der Waals surface area contributed by atoms with Gasteiger partial charge in [0, 0.05) is 54.0 Å². The summed E-state index contributed by atoms with van der Waals surface area (Å²) in [7, 11) is 0. The van der Waals surface area contributed by atoms with Crippen molar-refractivity contribution in [3.05, 3.63) is 34.4 Å². The summed E-state index contributed by atoms with van der Waals surface area (Å²) in [6, 6.07) is -0.736. The lowest BCUT2D eigenvalue weighted by Gasteiger charge is -2.62. The first-order chi connectivity index (χ1) is 20.1. The lowest BCUT2D eigenvalue weighted by Crippen LogP contribution is -2.76. The highest BCUT2D eigenvalue weighted by molar-refractivity contribution is 7.18. The highest BCUT2D eigenvalue weighted by atomic mass is 32.1.